The third-order valence-corrected chi connectivity index (χ3v) is 10.2. The molecule has 0 aliphatic heterocycles. The molecule has 0 N–H and O–H groups in total. The quantitative estimate of drug-likeness (QED) is 0.0248. The predicted molar refractivity (Wildman–Crippen MR) is 240 cm³/mol. The van der Waals surface area contributed by atoms with Crippen molar-refractivity contribution in [3.8, 4) is 23.0 Å². The number of hydrogen-bond acceptors (Lipinski definition) is 10. The topological polar surface area (TPSA) is 124 Å². The molecule has 0 unspecified atom stereocenters. The second-order valence-electron chi connectivity index (χ2n) is 15.3. The number of ether oxygens (including phenoxy) is 6. The summed E-state index contributed by atoms with van der Waals surface area (Å²) in [5.41, 5.74) is 1.46. The normalized spacial score (nSPS) is 10.7. The van der Waals surface area contributed by atoms with E-state index in [0.717, 1.165) is 51.4 Å². The van der Waals surface area contributed by atoms with Crippen molar-refractivity contribution >= 4 is 23.9 Å². The highest BCUT2D eigenvalue weighted by molar-refractivity contribution is 5.92. The van der Waals surface area contributed by atoms with E-state index in [0.29, 0.717) is 66.1 Å². The average Bonchev–Trinajstić information content (AvgIpc) is 3.27. The lowest BCUT2D eigenvalue weighted by Gasteiger charge is -2.11. The average molecular weight is 841 g/mol. The molecule has 332 valence electrons. The number of unbranched alkanes of at least 4 members (excludes halogenated alkanes) is 18. The molecule has 0 fully saturated rings. The van der Waals surface area contributed by atoms with Crippen molar-refractivity contribution in [2.24, 2.45) is 0 Å². The van der Waals surface area contributed by atoms with Crippen LogP contribution in [-0.2, 0) is 19.1 Å². The van der Waals surface area contributed by atoms with Gasteiger partial charge in [0.2, 0.25) is 0 Å². The molecule has 0 spiro atoms. The molecule has 3 aromatic rings. The molecule has 0 aliphatic rings. The predicted octanol–water partition coefficient (Wildman–Crippen LogP) is 12.5. The summed E-state index contributed by atoms with van der Waals surface area (Å²) in [6.45, 7) is 10.8. The summed E-state index contributed by atoms with van der Waals surface area (Å²) in [6, 6.07) is 18.8. The largest absolute Gasteiger partial charge is 0.494 e. The lowest BCUT2D eigenvalue weighted by atomic mass is 10.1. The van der Waals surface area contributed by atoms with E-state index in [1.165, 1.54) is 89.2 Å². The van der Waals surface area contributed by atoms with Gasteiger partial charge < -0.3 is 28.4 Å². The zero-order chi connectivity index (χ0) is 43.8. The van der Waals surface area contributed by atoms with Gasteiger partial charge >= 0.3 is 23.9 Å². The van der Waals surface area contributed by atoms with Crippen LogP contribution >= 0.6 is 0 Å². The zero-order valence-corrected chi connectivity index (χ0v) is 36.5. The van der Waals surface area contributed by atoms with Crippen molar-refractivity contribution in [3.63, 3.8) is 0 Å². The summed E-state index contributed by atoms with van der Waals surface area (Å²) >= 11 is 0. The van der Waals surface area contributed by atoms with Gasteiger partial charge in [-0.1, -0.05) is 116 Å². The molecule has 3 rings (SSSR count). The highest BCUT2D eigenvalue weighted by Crippen LogP contribution is 2.26. The number of carbonyl (C=O) groups excluding carboxylic acids is 4. The first-order valence-corrected chi connectivity index (χ1v) is 22.4. The molecule has 0 radical (unpaired) electrons. The van der Waals surface area contributed by atoms with Crippen LogP contribution in [0.2, 0.25) is 0 Å². The van der Waals surface area contributed by atoms with Crippen LogP contribution in [0.25, 0.3) is 0 Å². The number of aryl methyl sites for hydroxylation is 1. The van der Waals surface area contributed by atoms with Crippen LogP contribution in [0.3, 0.4) is 0 Å². The van der Waals surface area contributed by atoms with Gasteiger partial charge in [0, 0.05) is 12.2 Å². The highest BCUT2D eigenvalue weighted by Gasteiger charge is 2.14. The Labute approximate surface area is 364 Å². The van der Waals surface area contributed by atoms with Crippen LogP contribution in [-0.4, -0.2) is 50.3 Å². The van der Waals surface area contributed by atoms with Gasteiger partial charge in [-0.15, -0.1) is 0 Å². The van der Waals surface area contributed by atoms with E-state index < -0.39 is 11.9 Å². The molecule has 0 amide bonds. The number of esters is 4. The van der Waals surface area contributed by atoms with Gasteiger partial charge in [0.25, 0.3) is 0 Å². The van der Waals surface area contributed by atoms with E-state index in [1.54, 1.807) is 73.7 Å². The Morgan fingerprint density at radius 2 is 0.754 bits per heavy atom. The van der Waals surface area contributed by atoms with E-state index in [4.69, 9.17) is 28.4 Å². The fraction of sp³-hybridized carbons (Fsp3) is 0.490. The third kappa shape index (κ3) is 22.7. The van der Waals surface area contributed by atoms with Crippen molar-refractivity contribution in [2.75, 3.05) is 26.4 Å². The molecule has 0 atom stereocenters. The molecule has 0 aromatic heterocycles. The first-order valence-electron chi connectivity index (χ1n) is 22.4. The van der Waals surface area contributed by atoms with Crippen LogP contribution in [0.5, 0.6) is 23.0 Å². The van der Waals surface area contributed by atoms with Gasteiger partial charge in [0.05, 0.1) is 37.6 Å². The van der Waals surface area contributed by atoms with Gasteiger partial charge in [0.15, 0.2) is 0 Å². The molecule has 10 nitrogen and oxygen atoms in total. The highest BCUT2D eigenvalue weighted by atomic mass is 16.5. The first kappa shape index (κ1) is 50.0. The van der Waals surface area contributed by atoms with Crippen LogP contribution in [0.15, 0.2) is 92.0 Å². The monoisotopic (exact) mass is 840 g/mol. The summed E-state index contributed by atoms with van der Waals surface area (Å²) in [5.74, 6) is 0.468. The van der Waals surface area contributed by atoms with Gasteiger partial charge in [-0.05, 0) is 105 Å². The van der Waals surface area contributed by atoms with Crippen molar-refractivity contribution in [3.05, 3.63) is 109 Å². The minimum atomic E-state index is -0.492. The smallest absolute Gasteiger partial charge is 0.343 e. The standard InChI is InChI=1S/C51H68O10/c1-4-48(52)58-38-24-20-16-12-8-6-10-14-18-22-36-56-44-30-26-42(27-31-44)50(54)60-46-34-35-47(41(3)40-46)61-51(55)43-28-32-45(33-29-43)57-37-23-19-15-11-7-9-13-17-21-25-39-59-49(53)5-2/h4-5,26-35,40H,1-2,6-25,36-39H2,3H3. The van der Waals surface area contributed by atoms with Crippen LogP contribution < -0.4 is 18.9 Å². The number of hydrogen-bond donors (Lipinski definition) is 0. The summed E-state index contributed by atoms with van der Waals surface area (Å²) in [7, 11) is 0. The summed E-state index contributed by atoms with van der Waals surface area (Å²) in [5, 5.41) is 0. The minimum Gasteiger partial charge on any atom is -0.494 e. The Bertz CT molecular complexity index is 1730. The van der Waals surface area contributed by atoms with Crippen molar-refractivity contribution in [2.45, 2.75) is 135 Å². The molecule has 61 heavy (non-hydrogen) atoms. The number of rotatable bonds is 34. The molecular formula is C51H68O10. The first-order chi connectivity index (χ1) is 29.8. The van der Waals surface area contributed by atoms with E-state index in [2.05, 4.69) is 13.2 Å². The fourth-order valence-corrected chi connectivity index (χ4v) is 6.58. The lowest BCUT2D eigenvalue weighted by Crippen LogP contribution is -2.10. The van der Waals surface area contributed by atoms with E-state index in [9.17, 15) is 19.2 Å². The molecule has 0 bridgehead atoms. The number of carbonyl (C=O) groups is 4. The van der Waals surface area contributed by atoms with Crippen LogP contribution in [0.4, 0.5) is 0 Å². The van der Waals surface area contributed by atoms with Gasteiger partial charge in [-0.3, -0.25) is 0 Å². The molecule has 10 heteroatoms. The Kier molecular flexibility index (Phi) is 25.8. The molecule has 0 heterocycles. The van der Waals surface area contributed by atoms with E-state index >= 15 is 0 Å². The Morgan fingerprint density at radius 3 is 1.11 bits per heavy atom. The number of benzene rings is 3. The van der Waals surface area contributed by atoms with Gasteiger partial charge in [0.1, 0.15) is 23.0 Å². The molecule has 3 aromatic carbocycles. The second-order valence-corrected chi connectivity index (χ2v) is 15.3. The van der Waals surface area contributed by atoms with Crippen molar-refractivity contribution < 1.29 is 47.6 Å². The van der Waals surface area contributed by atoms with Crippen LogP contribution in [0, 0.1) is 6.92 Å². The summed E-state index contributed by atoms with van der Waals surface area (Å²) in [6.07, 6.45) is 25.1. The van der Waals surface area contributed by atoms with E-state index in [1.807, 2.05) is 0 Å². The van der Waals surface area contributed by atoms with Crippen molar-refractivity contribution in [1.29, 1.82) is 0 Å². The van der Waals surface area contributed by atoms with Gasteiger partial charge in [-0.25, -0.2) is 19.2 Å². The third-order valence-electron chi connectivity index (χ3n) is 10.2. The maximum absolute atomic E-state index is 12.9. The molecule has 0 saturated heterocycles. The molecular weight excluding hydrogens is 773 g/mol. The molecule has 0 aliphatic carbocycles. The van der Waals surface area contributed by atoms with Gasteiger partial charge in [-0.2, -0.15) is 0 Å². The van der Waals surface area contributed by atoms with Crippen LogP contribution in [0.1, 0.15) is 155 Å². The maximum atomic E-state index is 12.9. The fourth-order valence-electron chi connectivity index (χ4n) is 6.58. The Hall–Kier alpha value is -5.38. The Morgan fingerprint density at radius 1 is 0.426 bits per heavy atom. The zero-order valence-electron chi connectivity index (χ0n) is 36.5. The Balaban J connectivity index is 1.22. The maximum Gasteiger partial charge on any atom is 0.343 e. The minimum absolute atomic E-state index is 0.349. The van der Waals surface area contributed by atoms with Crippen molar-refractivity contribution in [1.82, 2.24) is 0 Å². The summed E-state index contributed by atoms with van der Waals surface area (Å²) in [4.78, 5) is 47.8. The second kappa shape index (κ2) is 31.5. The lowest BCUT2D eigenvalue weighted by molar-refractivity contribution is -0.138. The SMILES string of the molecule is C=CC(=O)OCCCCCCCCCCCCOc1ccc(C(=O)Oc2ccc(OC(=O)c3ccc(OCCCCCCCCCCCCOC(=O)C=C)cc3)c(C)c2)cc1. The molecule has 0 saturated carbocycles. The van der Waals surface area contributed by atoms with E-state index in [-0.39, 0.29) is 11.9 Å². The summed E-state index contributed by atoms with van der Waals surface area (Å²) < 4.78 is 33.0.